The third kappa shape index (κ3) is 4.58. The molecule has 1 aromatic rings. The minimum Gasteiger partial charge on any atom is -0.481 e. The molecule has 0 aliphatic rings. The molecule has 0 spiro atoms. The molecular weight excluding hydrogens is 238 g/mol. The van der Waals surface area contributed by atoms with E-state index in [0.29, 0.717) is 18.9 Å². The summed E-state index contributed by atoms with van der Waals surface area (Å²) in [6.45, 7) is 2.36. The fraction of sp³-hybridized carbons (Fsp3) is 0.500. The molecule has 1 atom stereocenters. The average molecular weight is 255 g/mol. The molecule has 6 nitrogen and oxygen atoms in total. The summed E-state index contributed by atoms with van der Waals surface area (Å²) in [5, 5.41) is 11.2. The van der Waals surface area contributed by atoms with Crippen LogP contribution in [0.25, 0.3) is 0 Å². The van der Waals surface area contributed by atoms with Crippen molar-refractivity contribution in [3.63, 3.8) is 0 Å². The summed E-state index contributed by atoms with van der Waals surface area (Å²) in [5.41, 5.74) is 0. The monoisotopic (exact) mass is 255 g/mol. The fourth-order valence-corrected chi connectivity index (χ4v) is 1.44. The molecule has 0 fully saturated rings. The van der Waals surface area contributed by atoms with Crippen molar-refractivity contribution in [3.8, 4) is 0 Å². The fourth-order valence-electron chi connectivity index (χ4n) is 1.44. The van der Waals surface area contributed by atoms with Gasteiger partial charge in [-0.3, -0.25) is 9.59 Å². The normalized spacial score (nSPS) is 12.1. The Morgan fingerprint density at radius 1 is 1.50 bits per heavy atom. The number of amides is 1. The lowest BCUT2D eigenvalue weighted by atomic mass is 10.1. The molecule has 1 rings (SSSR count). The molecule has 18 heavy (non-hydrogen) atoms. The van der Waals surface area contributed by atoms with E-state index in [1.807, 2.05) is 0 Å². The maximum Gasteiger partial charge on any atom is 0.303 e. The first kappa shape index (κ1) is 14.2. The van der Waals surface area contributed by atoms with Crippen LogP contribution in [0.5, 0.6) is 0 Å². The van der Waals surface area contributed by atoms with Gasteiger partial charge in [0, 0.05) is 20.1 Å². The van der Waals surface area contributed by atoms with Crippen LogP contribution in [-0.2, 0) is 16.1 Å². The zero-order valence-corrected chi connectivity index (χ0v) is 10.4. The van der Waals surface area contributed by atoms with Gasteiger partial charge in [-0.15, -0.1) is 0 Å². The second-order valence-corrected chi connectivity index (χ2v) is 4.11. The molecule has 0 saturated heterocycles. The number of methoxy groups -OCH3 is 1. The largest absolute Gasteiger partial charge is 0.481 e. The Morgan fingerprint density at radius 3 is 2.83 bits per heavy atom. The summed E-state index contributed by atoms with van der Waals surface area (Å²) in [5.74, 6) is -0.586. The molecule has 0 aliphatic carbocycles. The number of hydrogen-bond donors (Lipinski definition) is 2. The van der Waals surface area contributed by atoms with Gasteiger partial charge in [0.1, 0.15) is 12.4 Å². The second-order valence-electron chi connectivity index (χ2n) is 4.11. The molecule has 0 radical (unpaired) electrons. The van der Waals surface area contributed by atoms with Crippen molar-refractivity contribution in [2.24, 2.45) is 5.92 Å². The van der Waals surface area contributed by atoms with E-state index < -0.39 is 5.97 Å². The van der Waals surface area contributed by atoms with E-state index in [0.717, 1.165) is 0 Å². The van der Waals surface area contributed by atoms with Gasteiger partial charge in [0.25, 0.3) is 5.91 Å². The van der Waals surface area contributed by atoms with Crippen molar-refractivity contribution in [3.05, 3.63) is 23.7 Å². The zero-order valence-electron chi connectivity index (χ0n) is 10.4. The predicted molar refractivity (Wildman–Crippen MR) is 63.2 cm³/mol. The highest BCUT2D eigenvalue weighted by molar-refractivity contribution is 5.91. The van der Waals surface area contributed by atoms with Crippen LogP contribution in [0.2, 0.25) is 0 Å². The lowest BCUT2D eigenvalue weighted by molar-refractivity contribution is -0.137. The number of carbonyl (C=O) groups excluding carboxylic acids is 1. The van der Waals surface area contributed by atoms with Crippen LogP contribution in [0.15, 0.2) is 16.5 Å². The zero-order chi connectivity index (χ0) is 13.5. The number of carboxylic acid groups (broad SMARTS) is 1. The number of furan rings is 1. The summed E-state index contributed by atoms with van der Waals surface area (Å²) in [4.78, 5) is 22.1. The van der Waals surface area contributed by atoms with E-state index in [-0.39, 0.29) is 24.0 Å². The quantitative estimate of drug-likeness (QED) is 0.765. The third-order valence-corrected chi connectivity index (χ3v) is 2.31. The number of carboxylic acids is 1. The molecule has 0 saturated carbocycles. The maximum atomic E-state index is 11.7. The second kappa shape index (κ2) is 6.80. The van der Waals surface area contributed by atoms with E-state index in [2.05, 4.69) is 5.32 Å². The Kier molecular flexibility index (Phi) is 5.38. The molecule has 2 N–H and O–H groups in total. The molecule has 1 amide bonds. The van der Waals surface area contributed by atoms with Gasteiger partial charge in [-0.1, -0.05) is 6.92 Å². The molecular formula is C12H17NO5. The molecule has 6 heteroatoms. The molecule has 0 aliphatic heterocycles. The van der Waals surface area contributed by atoms with E-state index >= 15 is 0 Å². The van der Waals surface area contributed by atoms with Crippen LogP contribution < -0.4 is 5.32 Å². The van der Waals surface area contributed by atoms with Crippen molar-refractivity contribution in [2.75, 3.05) is 13.7 Å². The first-order valence-corrected chi connectivity index (χ1v) is 5.60. The van der Waals surface area contributed by atoms with Gasteiger partial charge in [-0.25, -0.2) is 0 Å². The van der Waals surface area contributed by atoms with Crippen LogP contribution in [-0.4, -0.2) is 30.6 Å². The van der Waals surface area contributed by atoms with Gasteiger partial charge in [0.2, 0.25) is 0 Å². The molecule has 0 bridgehead atoms. The lowest BCUT2D eigenvalue weighted by Gasteiger charge is -2.08. The minimum atomic E-state index is -0.878. The minimum absolute atomic E-state index is 0.0212. The highest BCUT2D eigenvalue weighted by Gasteiger charge is 2.13. The van der Waals surface area contributed by atoms with Gasteiger partial charge in [-0.05, 0) is 18.1 Å². The Labute approximate surface area is 105 Å². The molecule has 1 heterocycles. The number of nitrogens with one attached hydrogen (secondary N) is 1. The Balaban J connectivity index is 2.42. The van der Waals surface area contributed by atoms with Gasteiger partial charge in [0.15, 0.2) is 5.76 Å². The first-order chi connectivity index (χ1) is 8.52. The van der Waals surface area contributed by atoms with Gasteiger partial charge >= 0.3 is 5.97 Å². The van der Waals surface area contributed by atoms with E-state index in [1.165, 1.54) is 7.11 Å². The van der Waals surface area contributed by atoms with Crippen LogP contribution in [0.1, 0.15) is 29.7 Å². The number of carbonyl (C=O) groups is 2. The SMILES string of the molecule is COCc1ccc(C(=O)NCC(C)CC(=O)O)o1. The number of hydrogen-bond acceptors (Lipinski definition) is 4. The summed E-state index contributed by atoms with van der Waals surface area (Å²) >= 11 is 0. The standard InChI is InChI=1S/C12H17NO5/c1-8(5-11(14)15)6-13-12(16)10-4-3-9(18-10)7-17-2/h3-4,8H,5-7H2,1-2H3,(H,13,16)(H,14,15). The summed E-state index contributed by atoms with van der Waals surface area (Å²) in [6, 6.07) is 3.23. The smallest absolute Gasteiger partial charge is 0.303 e. The molecule has 1 unspecified atom stereocenters. The molecule has 0 aromatic carbocycles. The Bertz CT molecular complexity index is 412. The highest BCUT2D eigenvalue weighted by atomic mass is 16.5. The summed E-state index contributed by atoms with van der Waals surface area (Å²) in [7, 11) is 1.54. The molecule has 1 aromatic heterocycles. The summed E-state index contributed by atoms with van der Waals surface area (Å²) in [6.07, 6.45) is 0.0212. The lowest BCUT2D eigenvalue weighted by Crippen LogP contribution is -2.28. The first-order valence-electron chi connectivity index (χ1n) is 5.60. The number of aliphatic carboxylic acids is 1. The third-order valence-electron chi connectivity index (χ3n) is 2.31. The van der Waals surface area contributed by atoms with Crippen molar-refractivity contribution in [1.82, 2.24) is 5.32 Å². The topological polar surface area (TPSA) is 88.8 Å². The van der Waals surface area contributed by atoms with E-state index in [9.17, 15) is 9.59 Å². The van der Waals surface area contributed by atoms with Crippen LogP contribution in [0.3, 0.4) is 0 Å². The van der Waals surface area contributed by atoms with E-state index in [1.54, 1.807) is 19.1 Å². The molecule has 100 valence electrons. The average Bonchev–Trinajstić information content (AvgIpc) is 2.74. The van der Waals surface area contributed by atoms with Crippen molar-refractivity contribution in [1.29, 1.82) is 0 Å². The van der Waals surface area contributed by atoms with Gasteiger partial charge < -0.3 is 19.6 Å². The Hall–Kier alpha value is -1.82. The van der Waals surface area contributed by atoms with Gasteiger partial charge in [0.05, 0.1) is 0 Å². The van der Waals surface area contributed by atoms with Crippen LogP contribution in [0, 0.1) is 5.92 Å². The van der Waals surface area contributed by atoms with Crippen molar-refractivity contribution >= 4 is 11.9 Å². The van der Waals surface area contributed by atoms with Crippen molar-refractivity contribution in [2.45, 2.75) is 20.0 Å². The van der Waals surface area contributed by atoms with Crippen molar-refractivity contribution < 1.29 is 23.8 Å². The summed E-state index contributed by atoms with van der Waals surface area (Å²) < 4.78 is 10.1. The number of rotatable bonds is 7. The van der Waals surface area contributed by atoms with Gasteiger partial charge in [-0.2, -0.15) is 0 Å². The van der Waals surface area contributed by atoms with Crippen LogP contribution in [0.4, 0.5) is 0 Å². The predicted octanol–water partition coefficient (Wildman–Crippen LogP) is 1.27. The Morgan fingerprint density at radius 2 is 2.22 bits per heavy atom. The highest BCUT2D eigenvalue weighted by Crippen LogP contribution is 2.09. The van der Waals surface area contributed by atoms with E-state index in [4.69, 9.17) is 14.3 Å². The maximum absolute atomic E-state index is 11.7. The number of ether oxygens (including phenoxy) is 1. The van der Waals surface area contributed by atoms with Crippen LogP contribution >= 0.6 is 0 Å².